The molecule has 5 rings (SSSR count). The predicted molar refractivity (Wildman–Crippen MR) is 126 cm³/mol. The smallest absolute Gasteiger partial charge is 0.269 e. The number of hydrogen-bond donors (Lipinski definition) is 0. The van der Waals surface area contributed by atoms with Crippen LogP contribution in [0, 0.1) is 24.0 Å². The standard InChI is InChI=1S/C24H18N4O5S/c1-15-3-9-19(10-4-15)34(31,32)27-14-12-21-20(11-13-25-24(21)27)23-22(26-16(2)33-23)17-5-7-18(8-6-17)28(29)30/h3-14H,1-2H3. The maximum absolute atomic E-state index is 13.3. The van der Waals surface area contributed by atoms with Gasteiger partial charge in [-0.1, -0.05) is 17.7 Å². The van der Waals surface area contributed by atoms with Crippen molar-refractivity contribution in [1.29, 1.82) is 0 Å². The Morgan fingerprint density at radius 2 is 1.68 bits per heavy atom. The van der Waals surface area contributed by atoms with Gasteiger partial charge in [0, 0.05) is 48.0 Å². The number of rotatable bonds is 5. The molecule has 0 N–H and O–H groups in total. The van der Waals surface area contributed by atoms with E-state index in [9.17, 15) is 18.5 Å². The Bertz CT molecular complexity index is 1650. The fraction of sp³-hybridized carbons (Fsp3) is 0.0833. The van der Waals surface area contributed by atoms with E-state index in [2.05, 4.69) is 9.97 Å². The van der Waals surface area contributed by atoms with E-state index in [0.29, 0.717) is 33.9 Å². The Kier molecular flexibility index (Phi) is 5.02. The number of aryl methyl sites for hydroxylation is 2. The summed E-state index contributed by atoms with van der Waals surface area (Å²) in [5, 5.41) is 11.6. The fourth-order valence-electron chi connectivity index (χ4n) is 3.78. The van der Waals surface area contributed by atoms with E-state index >= 15 is 0 Å². The molecule has 0 bridgehead atoms. The molecule has 34 heavy (non-hydrogen) atoms. The zero-order chi connectivity index (χ0) is 24.0. The molecule has 9 nitrogen and oxygen atoms in total. The van der Waals surface area contributed by atoms with Crippen molar-refractivity contribution in [2.45, 2.75) is 18.7 Å². The van der Waals surface area contributed by atoms with Gasteiger partial charge in [0.25, 0.3) is 15.7 Å². The molecule has 170 valence electrons. The number of aromatic nitrogens is 3. The molecule has 0 saturated heterocycles. The SMILES string of the molecule is Cc1ccc(S(=O)(=O)n2ccc3c(-c4oc(C)nc4-c4ccc([N+](=O)[O-])cc4)ccnc32)cc1. The van der Waals surface area contributed by atoms with E-state index in [-0.39, 0.29) is 16.2 Å². The van der Waals surface area contributed by atoms with E-state index in [1.807, 2.05) is 6.92 Å². The van der Waals surface area contributed by atoms with E-state index < -0.39 is 14.9 Å². The first kappa shape index (κ1) is 21.5. The minimum Gasteiger partial charge on any atom is -0.440 e. The summed E-state index contributed by atoms with van der Waals surface area (Å²) in [6, 6.07) is 16.0. The van der Waals surface area contributed by atoms with Gasteiger partial charge >= 0.3 is 0 Å². The maximum Gasteiger partial charge on any atom is 0.269 e. The molecule has 0 unspecified atom stereocenters. The summed E-state index contributed by atoms with van der Waals surface area (Å²) in [5.74, 6) is 0.823. The number of oxazole rings is 1. The fourth-order valence-corrected chi connectivity index (χ4v) is 5.08. The van der Waals surface area contributed by atoms with Crippen LogP contribution in [0.15, 0.2) is 82.4 Å². The highest BCUT2D eigenvalue weighted by Crippen LogP contribution is 2.37. The molecule has 0 aliphatic heterocycles. The lowest BCUT2D eigenvalue weighted by atomic mass is 10.0. The zero-order valence-corrected chi connectivity index (χ0v) is 19.0. The van der Waals surface area contributed by atoms with Crippen LogP contribution in [0.4, 0.5) is 5.69 Å². The highest BCUT2D eigenvalue weighted by molar-refractivity contribution is 7.90. The molecule has 0 aliphatic rings. The molecular formula is C24H18N4O5S. The van der Waals surface area contributed by atoms with E-state index in [4.69, 9.17) is 4.42 Å². The van der Waals surface area contributed by atoms with E-state index in [1.165, 1.54) is 24.5 Å². The summed E-state index contributed by atoms with van der Waals surface area (Å²) >= 11 is 0. The Labute approximate surface area is 194 Å². The van der Waals surface area contributed by atoms with Crippen LogP contribution >= 0.6 is 0 Å². The predicted octanol–water partition coefficient (Wildman–Crippen LogP) is 5.12. The van der Waals surface area contributed by atoms with Gasteiger partial charge in [-0.25, -0.2) is 22.4 Å². The van der Waals surface area contributed by atoms with Crippen molar-refractivity contribution in [3.63, 3.8) is 0 Å². The normalized spacial score (nSPS) is 11.7. The average Bonchev–Trinajstić information content (AvgIpc) is 3.43. The van der Waals surface area contributed by atoms with Crippen LogP contribution in [-0.4, -0.2) is 27.3 Å². The van der Waals surface area contributed by atoms with Crippen LogP contribution in [0.25, 0.3) is 33.6 Å². The Morgan fingerprint density at radius 1 is 0.971 bits per heavy atom. The molecular weight excluding hydrogens is 456 g/mol. The molecule has 5 aromatic rings. The van der Waals surface area contributed by atoms with Crippen LogP contribution in [0.2, 0.25) is 0 Å². The second-order valence-electron chi connectivity index (χ2n) is 7.74. The van der Waals surface area contributed by atoms with Crippen molar-refractivity contribution in [2.24, 2.45) is 0 Å². The van der Waals surface area contributed by atoms with Crippen LogP contribution in [0.1, 0.15) is 11.5 Å². The summed E-state index contributed by atoms with van der Waals surface area (Å²) in [7, 11) is -3.86. The minimum atomic E-state index is -3.86. The lowest BCUT2D eigenvalue weighted by Gasteiger charge is -2.08. The van der Waals surface area contributed by atoms with Crippen molar-refractivity contribution in [3.8, 4) is 22.6 Å². The third kappa shape index (κ3) is 3.54. The Hall–Kier alpha value is -4.31. The topological polar surface area (TPSA) is 121 Å². The third-order valence-electron chi connectivity index (χ3n) is 5.46. The van der Waals surface area contributed by atoms with Crippen LogP contribution in [-0.2, 0) is 10.0 Å². The highest BCUT2D eigenvalue weighted by atomic mass is 32.2. The Balaban J connectivity index is 1.65. The third-order valence-corrected chi connectivity index (χ3v) is 7.14. The number of pyridine rings is 1. The number of non-ortho nitro benzene ring substituents is 1. The molecule has 0 atom stereocenters. The molecule has 0 aliphatic carbocycles. The van der Waals surface area contributed by atoms with Crippen LogP contribution < -0.4 is 0 Å². The van der Waals surface area contributed by atoms with Crippen LogP contribution in [0.5, 0.6) is 0 Å². The molecule has 0 fully saturated rings. The molecule has 0 saturated carbocycles. The molecule has 3 heterocycles. The molecule has 3 aromatic heterocycles. The molecule has 10 heteroatoms. The first-order chi connectivity index (χ1) is 16.3. The summed E-state index contributed by atoms with van der Waals surface area (Å²) in [5.41, 5.74) is 2.91. The number of hydrogen-bond acceptors (Lipinski definition) is 7. The number of fused-ring (bicyclic) bond motifs is 1. The first-order valence-corrected chi connectivity index (χ1v) is 11.7. The van der Waals surface area contributed by atoms with Crippen LogP contribution in [0.3, 0.4) is 0 Å². The van der Waals surface area contributed by atoms with Gasteiger partial charge in [0.05, 0.1) is 9.82 Å². The van der Waals surface area contributed by atoms with Crippen molar-refractivity contribution >= 4 is 26.7 Å². The number of nitro benzene ring substituents is 1. The second-order valence-corrected chi connectivity index (χ2v) is 9.55. The maximum atomic E-state index is 13.3. The van der Waals surface area contributed by atoms with Crippen molar-refractivity contribution in [2.75, 3.05) is 0 Å². The van der Waals surface area contributed by atoms with Crippen molar-refractivity contribution < 1.29 is 17.8 Å². The first-order valence-electron chi connectivity index (χ1n) is 10.3. The van der Waals surface area contributed by atoms with Crippen molar-refractivity contribution in [3.05, 3.63) is 94.6 Å². The van der Waals surface area contributed by atoms with Gasteiger partial charge in [-0.2, -0.15) is 0 Å². The van der Waals surface area contributed by atoms with Gasteiger partial charge in [0.2, 0.25) is 0 Å². The van der Waals surface area contributed by atoms with E-state index in [0.717, 1.165) is 9.54 Å². The summed E-state index contributed by atoms with van der Waals surface area (Å²) in [6.07, 6.45) is 2.97. The quantitative estimate of drug-likeness (QED) is 0.256. The summed E-state index contributed by atoms with van der Waals surface area (Å²) in [6.45, 7) is 3.58. The summed E-state index contributed by atoms with van der Waals surface area (Å²) in [4.78, 5) is 19.5. The number of nitrogens with zero attached hydrogens (tertiary/aromatic N) is 4. The minimum absolute atomic E-state index is 0.0322. The lowest BCUT2D eigenvalue weighted by molar-refractivity contribution is -0.384. The monoisotopic (exact) mass is 474 g/mol. The lowest BCUT2D eigenvalue weighted by Crippen LogP contribution is -2.12. The summed E-state index contributed by atoms with van der Waals surface area (Å²) < 4.78 is 33.6. The van der Waals surface area contributed by atoms with Gasteiger partial charge in [0.1, 0.15) is 5.69 Å². The largest absolute Gasteiger partial charge is 0.440 e. The average molecular weight is 474 g/mol. The molecule has 2 aromatic carbocycles. The van der Waals surface area contributed by atoms with Gasteiger partial charge < -0.3 is 4.42 Å². The van der Waals surface area contributed by atoms with Gasteiger partial charge in [-0.3, -0.25) is 10.1 Å². The van der Waals surface area contributed by atoms with Gasteiger partial charge in [-0.05, 0) is 43.3 Å². The highest BCUT2D eigenvalue weighted by Gasteiger charge is 2.23. The molecule has 0 amide bonds. The second kappa shape index (κ2) is 7.92. The van der Waals surface area contributed by atoms with Crippen molar-refractivity contribution in [1.82, 2.24) is 13.9 Å². The zero-order valence-electron chi connectivity index (χ0n) is 18.2. The molecule has 0 radical (unpaired) electrons. The van der Waals surface area contributed by atoms with E-state index in [1.54, 1.807) is 55.5 Å². The molecule has 0 spiro atoms. The van der Waals surface area contributed by atoms with Gasteiger partial charge in [-0.15, -0.1) is 0 Å². The van der Waals surface area contributed by atoms with Gasteiger partial charge in [0.15, 0.2) is 17.3 Å². The number of benzene rings is 2. The number of nitro groups is 1. The Morgan fingerprint density at radius 3 is 2.35 bits per heavy atom.